The SMILES string of the molecule is COCC1(C(=O)NC(C)C2CCCC2)CCNC1. The smallest absolute Gasteiger partial charge is 0.230 e. The highest BCUT2D eigenvalue weighted by Crippen LogP contribution is 2.30. The molecule has 2 rings (SSSR count). The van der Waals surface area contributed by atoms with Gasteiger partial charge in [-0.15, -0.1) is 0 Å². The number of carbonyl (C=O) groups excluding carboxylic acids is 1. The molecule has 0 radical (unpaired) electrons. The van der Waals surface area contributed by atoms with Crippen LogP contribution in [-0.4, -0.2) is 38.8 Å². The summed E-state index contributed by atoms with van der Waals surface area (Å²) < 4.78 is 5.26. The second-order valence-electron chi connectivity index (χ2n) is 5.95. The second-order valence-corrected chi connectivity index (χ2v) is 5.95. The van der Waals surface area contributed by atoms with E-state index in [1.807, 2.05) is 0 Å². The van der Waals surface area contributed by atoms with Crippen LogP contribution in [-0.2, 0) is 9.53 Å². The van der Waals surface area contributed by atoms with Gasteiger partial charge in [0.15, 0.2) is 0 Å². The topological polar surface area (TPSA) is 50.4 Å². The molecule has 0 aromatic rings. The van der Waals surface area contributed by atoms with E-state index >= 15 is 0 Å². The summed E-state index contributed by atoms with van der Waals surface area (Å²) in [5, 5.41) is 6.51. The zero-order valence-electron chi connectivity index (χ0n) is 11.6. The van der Waals surface area contributed by atoms with Crippen molar-refractivity contribution in [3.8, 4) is 0 Å². The zero-order valence-corrected chi connectivity index (χ0v) is 11.6. The van der Waals surface area contributed by atoms with Crippen molar-refractivity contribution in [3.63, 3.8) is 0 Å². The molecule has 0 aromatic heterocycles. The van der Waals surface area contributed by atoms with Crippen LogP contribution in [0.4, 0.5) is 0 Å². The van der Waals surface area contributed by atoms with Crippen LogP contribution >= 0.6 is 0 Å². The summed E-state index contributed by atoms with van der Waals surface area (Å²) in [6.07, 6.45) is 6.03. The van der Waals surface area contributed by atoms with Gasteiger partial charge in [-0.25, -0.2) is 0 Å². The van der Waals surface area contributed by atoms with Crippen molar-refractivity contribution in [2.45, 2.75) is 45.1 Å². The predicted molar refractivity (Wildman–Crippen MR) is 71.4 cm³/mol. The molecular formula is C14H26N2O2. The first kappa shape index (κ1) is 13.8. The van der Waals surface area contributed by atoms with Crippen molar-refractivity contribution < 1.29 is 9.53 Å². The van der Waals surface area contributed by atoms with Gasteiger partial charge in [-0.05, 0) is 38.6 Å². The average molecular weight is 254 g/mol. The summed E-state index contributed by atoms with van der Waals surface area (Å²) >= 11 is 0. The Hall–Kier alpha value is -0.610. The van der Waals surface area contributed by atoms with Gasteiger partial charge in [-0.2, -0.15) is 0 Å². The van der Waals surface area contributed by atoms with Crippen LogP contribution in [0.5, 0.6) is 0 Å². The van der Waals surface area contributed by atoms with E-state index in [9.17, 15) is 4.79 Å². The first-order valence-electron chi connectivity index (χ1n) is 7.18. The van der Waals surface area contributed by atoms with Gasteiger partial charge in [-0.3, -0.25) is 4.79 Å². The van der Waals surface area contributed by atoms with Crippen LogP contribution in [0, 0.1) is 11.3 Å². The molecule has 104 valence electrons. The lowest BCUT2D eigenvalue weighted by molar-refractivity contribution is -0.134. The molecule has 1 saturated carbocycles. The van der Waals surface area contributed by atoms with Gasteiger partial charge in [0, 0.05) is 19.7 Å². The molecular weight excluding hydrogens is 228 g/mol. The average Bonchev–Trinajstić information content (AvgIpc) is 3.00. The normalized spacial score (nSPS) is 30.6. The highest BCUT2D eigenvalue weighted by molar-refractivity contribution is 5.83. The molecule has 2 N–H and O–H groups in total. The molecule has 0 bridgehead atoms. The lowest BCUT2D eigenvalue weighted by Crippen LogP contribution is -2.49. The largest absolute Gasteiger partial charge is 0.384 e. The molecule has 1 aliphatic heterocycles. The summed E-state index contributed by atoms with van der Waals surface area (Å²) in [6.45, 7) is 4.32. The Kier molecular flexibility index (Phi) is 4.62. The maximum Gasteiger partial charge on any atom is 0.230 e. The van der Waals surface area contributed by atoms with Crippen molar-refractivity contribution in [3.05, 3.63) is 0 Å². The molecule has 4 heteroatoms. The standard InChI is InChI=1S/C14H26N2O2/c1-11(12-5-3-4-6-12)16-13(17)14(10-18-2)7-8-15-9-14/h11-12,15H,3-10H2,1-2H3,(H,16,17). The van der Waals surface area contributed by atoms with E-state index in [1.54, 1.807) is 7.11 Å². The number of carbonyl (C=O) groups is 1. The Morgan fingerprint density at radius 2 is 2.22 bits per heavy atom. The third-order valence-electron chi connectivity index (χ3n) is 4.61. The molecule has 2 atom stereocenters. The van der Waals surface area contributed by atoms with Crippen molar-refractivity contribution >= 4 is 5.91 Å². The molecule has 2 fully saturated rings. The summed E-state index contributed by atoms with van der Waals surface area (Å²) in [6, 6.07) is 0.300. The van der Waals surface area contributed by atoms with E-state index in [0.717, 1.165) is 19.5 Å². The van der Waals surface area contributed by atoms with E-state index in [2.05, 4.69) is 17.6 Å². The molecule has 1 aliphatic carbocycles. The maximum atomic E-state index is 12.5. The van der Waals surface area contributed by atoms with Gasteiger partial charge in [0.05, 0.1) is 12.0 Å². The number of rotatable bonds is 5. The highest BCUT2D eigenvalue weighted by Gasteiger charge is 2.42. The second kappa shape index (κ2) is 6.02. The van der Waals surface area contributed by atoms with E-state index in [0.29, 0.717) is 18.6 Å². The van der Waals surface area contributed by atoms with Crippen LogP contribution in [0.3, 0.4) is 0 Å². The lowest BCUT2D eigenvalue weighted by Gasteiger charge is -2.30. The molecule has 2 unspecified atom stereocenters. The fourth-order valence-electron chi connectivity index (χ4n) is 3.34. The minimum atomic E-state index is -0.346. The maximum absolute atomic E-state index is 12.5. The number of methoxy groups -OCH3 is 1. The van der Waals surface area contributed by atoms with E-state index in [1.165, 1.54) is 25.7 Å². The fourth-order valence-corrected chi connectivity index (χ4v) is 3.34. The Morgan fingerprint density at radius 3 is 2.78 bits per heavy atom. The fraction of sp³-hybridized carbons (Fsp3) is 0.929. The van der Waals surface area contributed by atoms with Crippen LogP contribution in [0.1, 0.15) is 39.0 Å². The Balaban J connectivity index is 1.92. The molecule has 0 aromatic carbocycles. The lowest BCUT2D eigenvalue weighted by atomic mass is 9.86. The molecule has 4 nitrogen and oxygen atoms in total. The van der Waals surface area contributed by atoms with Gasteiger partial charge in [-0.1, -0.05) is 12.8 Å². The summed E-state index contributed by atoms with van der Waals surface area (Å²) in [7, 11) is 1.67. The predicted octanol–water partition coefficient (Wildman–Crippen LogP) is 1.31. The van der Waals surface area contributed by atoms with Gasteiger partial charge in [0.2, 0.25) is 5.91 Å². The Morgan fingerprint density at radius 1 is 1.50 bits per heavy atom. The Labute approximate surface area is 110 Å². The monoisotopic (exact) mass is 254 g/mol. The number of amides is 1. The quantitative estimate of drug-likeness (QED) is 0.777. The third-order valence-corrected chi connectivity index (χ3v) is 4.61. The molecule has 0 spiro atoms. The minimum absolute atomic E-state index is 0.175. The van der Waals surface area contributed by atoms with Crippen molar-refractivity contribution in [2.75, 3.05) is 26.8 Å². The summed E-state index contributed by atoms with van der Waals surface area (Å²) in [5.74, 6) is 0.844. The van der Waals surface area contributed by atoms with Crippen molar-refractivity contribution in [1.82, 2.24) is 10.6 Å². The van der Waals surface area contributed by atoms with Crippen molar-refractivity contribution in [1.29, 1.82) is 0 Å². The van der Waals surface area contributed by atoms with Crippen LogP contribution < -0.4 is 10.6 Å². The van der Waals surface area contributed by atoms with Gasteiger partial charge in [0.1, 0.15) is 0 Å². The molecule has 1 amide bonds. The van der Waals surface area contributed by atoms with Crippen LogP contribution in [0.15, 0.2) is 0 Å². The highest BCUT2D eigenvalue weighted by atomic mass is 16.5. The summed E-state index contributed by atoms with van der Waals surface area (Å²) in [4.78, 5) is 12.5. The first-order chi connectivity index (χ1) is 8.68. The third kappa shape index (κ3) is 2.86. The number of hydrogen-bond acceptors (Lipinski definition) is 3. The molecule has 18 heavy (non-hydrogen) atoms. The number of nitrogens with one attached hydrogen (secondary N) is 2. The van der Waals surface area contributed by atoms with Gasteiger partial charge < -0.3 is 15.4 Å². The van der Waals surface area contributed by atoms with E-state index < -0.39 is 0 Å². The Bertz CT molecular complexity index is 282. The summed E-state index contributed by atoms with van der Waals surface area (Å²) in [5.41, 5.74) is -0.346. The van der Waals surface area contributed by atoms with Crippen LogP contribution in [0.2, 0.25) is 0 Å². The van der Waals surface area contributed by atoms with Crippen LogP contribution in [0.25, 0.3) is 0 Å². The number of ether oxygens (including phenoxy) is 1. The van der Waals surface area contributed by atoms with Crippen molar-refractivity contribution in [2.24, 2.45) is 11.3 Å². The molecule has 1 saturated heterocycles. The van der Waals surface area contributed by atoms with Gasteiger partial charge in [0.25, 0.3) is 0 Å². The minimum Gasteiger partial charge on any atom is -0.384 e. The van der Waals surface area contributed by atoms with E-state index in [4.69, 9.17) is 4.74 Å². The molecule has 1 heterocycles. The van der Waals surface area contributed by atoms with Gasteiger partial charge >= 0.3 is 0 Å². The molecule has 2 aliphatic rings. The van der Waals surface area contributed by atoms with E-state index in [-0.39, 0.29) is 11.3 Å². The zero-order chi connectivity index (χ0) is 13.0. The number of hydrogen-bond donors (Lipinski definition) is 2. The first-order valence-corrected chi connectivity index (χ1v) is 7.18.